The van der Waals surface area contributed by atoms with E-state index in [9.17, 15) is 19.8 Å². The monoisotopic (exact) mass is 306 g/mol. The van der Waals surface area contributed by atoms with E-state index in [1.165, 1.54) is 6.07 Å². The Morgan fingerprint density at radius 1 is 1.24 bits per heavy atom. The Morgan fingerprint density at radius 2 is 1.95 bits per heavy atom. The molecule has 3 rings (SSSR count). The Hall–Kier alpha value is -2.02. The highest BCUT2D eigenvalue weighted by Crippen LogP contribution is 2.32. The van der Waals surface area contributed by atoms with E-state index in [-0.39, 0.29) is 22.7 Å². The van der Waals surface area contributed by atoms with Gasteiger partial charge in [0, 0.05) is 12.1 Å². The largest absolute Gasteiger partial charge is 0.478 e. The van der Waals surface area contributed by atoms with Gasteiger partial charge in [-0.05, 0) is 36.5 Å². The highest BCUT2D eigenvalue weighted by Gasteiger charge is 2.27. The van der Waals surface area contributed by atoms with Gasteiger partial charge in [0.05, 0.1) is 11.1 Å². The molecule has 0 spiro atoms. The SMILES string of the molecule is O=C(O)c1cccn2c(C3CCSCC3)nc(C(=O)O)c12. The van der Waals surface area contributed by atoms with Gasteiger partial charge in [-0.15, -0.1) is 0 Å². The lowest BCUT2D eigenvalue weighted by atomic mass is 10.0. The Labute approximate surface area is 124 Å². The molecule has 6 nitrogen and oxygen atoms in total. The normalized spacial score (nSPS) is 16.2. The van der Waals surface area contributed by atoms with Crippen molar-refractivity contribution in [2.45, 2.75) is 18.8 Å². The lowest BCUT2D eigenvalue weighted by Gasteiger charge is -2.20. The van der Waals surface area contributed by atoms with E-state index >= 15 is 0 Å². The second kappa shape index (κ2) is 5.40. The van der Waals surface area contributed by atoms with Crippen molar-refractivity contribution in [2.24, 2.45) is 0 Å². The Morgan fingerprint density at radius 3 is 2.57 bits per heavy atom. The Bertz CT molecular complexity index is 719. The second-order valence-corrected chi connectivity index (χ2v) is 6.18. The van der Waals surface area contributed by atoms with Crippen LogP contribution in [0.4, 0.5) is 0 Å². The summed E-state index contributed by atoms with van der Waals surface area (Å²) in [6.07, 6.45) is 3.55. The number of pyridine rings is 1. The standard InChI is InChI=1S/C14H14N2O4S/c17-13(18)9-2-1-5-16-11(9)10(14(19)20)15-12(16)8-3-6-21-7-4-8/h1-2,5,8H,3-4,6-7H2,(H,17,18)(H,19,20). The fourth-order valence-corrected chi connectivity index (χ4v) is 3.83. The number of carbonyl (C=O) groups is 2. The fourth-order valence-electron chi connectivity index (χ4n) is 2.73. The molecule has 7 heteroatoms. The van der Waals surface area contributed by atoms with Crippen molar-refractivity contribution in [3.63, 3.8) is 0 Å². The van der Waals surface area contributed by atoms with Crippen LogP contribution >= 0.6 is 11.8 Å². The molecule has 1 fully saturated rings. The van der Waals surface area contributed by atoms with E-state index in [4.69, 9.17) is 0 Å². The van der Waals surface area contributed by atoms with Gasteiger partial charge in [-0.3, -0.25) is 0 Å². The van der Waals surface area contributed by atoms with Crippen LogP contribution < -0.4 is 0 Å². The minimum atomic E-state index is -1.20. The first-order valence-corrected chi connectivity index (χ1v) is 7.80. The van der Waals surface area contributed by atoms with E-state index in [2.05, 4.69) is 4.98 Å². The summed E-state index contributed by atoms with van der Waals surface area (Å²) in [6.45, 7) is 0. The molecule has 0 aromatic carbocycles. The molecular formula is C14H14N2O4S. The van der Waals surface area contributed by atoms with Crippen LogP contribution in [-0.2, 0) is 0 Å². The number of hydrogen-bond acceptors (Lipinski definition) is 4. The maximum atomic E-state index is 11.4. The number of thioether (sulfide) groups is 1. The average Bonchev–Trinajstić information content (AvgIpc) is 2.87. The number of nitrogens with zero attached hydrogens (tertiary/aromatic N) is 2. The number of hydrogen-bond donors (Lipinski definition) is 2. The van der Waals surface area contributed by atoms with Gasteiger partial charge in [0.25, 0.3) is 0 Å². The maximum Gasteiger partial charge on any atom is 0.356 e. The lowest BCUT2D eigenvalue weighted by molar-refractivity contribution is 0.0691. The van der Waals surface area contributed by atoms with Crippen molar-refractivity contribution >= 4 is 29.2 Å². The average molecular weight is 306 g/mol. The Kier molecular flexibility index (Phi) is 3.59. The van der Waals surface area contributed by atoms with Gasteiger partial charge in [0.15, 0.2) is 5.69 Å². The van der Waals surface area contributed by atoms with E-state index in [0.717, 1.165) is 24.3 Å². The lowest BCUT2D eigenvalue weighted by Crippen LogP contribution is -2.11. The third kappa shape index (κ3) is 2.37. The number of fused-ring (bicyclic) bond motifs is 1. The summed E-state index contributed by atoms with van der Waals surface area (Å²) in [6, 6.07) is 3.02. The first-order chi connectivity index (χ1) is 10.1. The zero-order valence-electron chi connectivity index (χ0n) is 11.2. The van der Waals surface area contributed by atoms with Gasteiger partial charge in [0.1, 0.15) is 5.82 Å². The van der Waals surface area contributed by atoms with Crippen LogP contribution in [0.2, 0.25) is 0 Å². The van der Waals surface area contributed by atoms with E-state index in [1.807, 2.05) is 11.8 Å². The third-order valence-electron chi connectivity index (χ3n) is 3.71. The van der Waals surface area contributed by atoms with Crippen LogP contribution in [0.3, 0.4) is 0 Å². The van der Waals surface area contributed by atoms with Crippen LogP contribution in [-0.4, -0.2) is 43.0 Å². The molecule has 2 aromatic heterocycles. The van der Waals surface area contributed by atoms with Gasteiger partial charge in [0.2, 0.25) is 0 Å². The van der Waals surface area contributed by atoms with E-state index in [1.54, 1.807) is 16.7 Å². The first-order valence-electron chi connectivity index (χ1n) is 6.65. The maximum absolute atomic E-state index is 11.4. The van der Waals surface area contributed by atoms with E-state index < -0.39 is 11.9 Å². The molecule has 0 bridgehead atoms. The number of carboxylic acid groups (broad SMARTS) is 2. The second-order valence-electron chi connectivity index (χ2n) is 4.96. The molecule has 0 aliphatic carbocycles. The molecule has 0 saturated carbocycles. The molecule has 0 radical (unpaired) electrons. The summed E-state index contributed by atoms with van der Waals surface area (Å²) >= 11 is 1.87. The summed E-state index contributed by atoms with van der Waals surface area (Å²) in [4.78, 5) is 27.0. The van der Waals surface area contributed by atoms with Crippen molar-refractivity contribution in [3.05, 3.63) is 35.4 Å². The number of rotatable bonds is 3. The van der Waals surface area contributed by atoms with Crippen molar-refractivity contribution < 1.29 is 19.8 Å². The molecule has 110 valence electrons. The van der Waals surface area contributed by atoms with Crippen molar-refractivity contribution in [3.8, 4) is 0 Å². The minimum Gasteiger partial charge on any atom is -0.478 e. The topological polar surface area (TPSA) is 91.9 Å². The highest BCUT2D eigenvalue weighted by molar-refractivity contribution is 7.99. The first kappa shape index (κ1) is 13.9. The Balaban J connectivity index is 2.24. The molecule has 2 aromatic rings. The smallest absolute Gasteiger partial charge is 0.356 e. The van der Waals surface area contributed by atoms with E-state index in [0.29, 0.717) is 5.82 Å². The van der Waals surface area contributed by atoms with Crippen molar-refractivity contribution in [1.82, 2.24) is 9.38 Å². The number of imidazole rings is 1. The van der Waals surface area contributed by atoms with Crippen LogP contribution in [0.25, 0.3) is 5.52 Å². The number of carboxylic acids is 2. The van der Waals surface area contributed by atoms with Gasteiger partial charge in [-0.25, -0.2) is 14.6 Å². The molecule has 1 aliphatic heterocycles. The van der Waals surface area contributed by atoms with Crippen LogP contribution in [0.5, 0.6) is 0 Å². The summed E-state index contributed by atoms with van der Waals surface area (Å²) in [5, 5.41) is 18.6. The highest BCUT2D eigenvalue weighted by atomic mass is 32.2. The molecule has 1 saturated heterocycles. The summed E-state index contributed by atoms with van der Waals surface area (Å²) < 4.78 is 1.63. The molecular weight excluding hydrogens is 292 g/mol. The van der Waals surface area contributed by atoms with Gasteiger partial charge >= 0.3 is 11.9 Å². The van der Waals surface area contributed by atoms with Crippen LogP contribution in [0, 0.1) is 0 Å². The number of aromatic nitrogens is 2. The molecule has 0 amide bonds. The predicted octanol–water partition coefficient (Wildman–Crippen LogP) is 2.34. The summed E-state index contributed by atoms with van der Waals surface area (Å²) in [7, 11) is 0. The number of aromatic carboxylic acids is 2. The molecule has 0 unspecified atom stereocenters. The quantitative estimate of drug-likeness (QED) is 0.904. The molecule has 2 N–H and O–H groups in total. The van der Waals surface area contributed by atoms with Gasteiger partial charge in [-0.1, -0.05) is 0 Å². The third-order valence-corrected chi connectivity index (χ3v) is 4.76. The van der Waals surface area contributed by atoms with Crippen molar-refractivity contribution in [2.75, 3.05) is 11.5 Å². The minimum absolute atomic E-state index is 0.0289. The zero-order valence-corrected chi connectivity index (χ0v) is 12.0. The van der Waals surface area contributed by atoms with Gasteiger partial charge < -0.3 is 14.6 Å². The summed E-state index contributed by atoms with van der Waals surface area (Å²) in [5.41, 5.74) is -0.0363. The molecule has 1 aliphatic rings. The summed E-state index contributed by atoms with van der Waals surface area (Å²) in [5.74, 6) is 0.523. The predicted molar refractivity (Wildman–Crippen MR) is 78.4 cm³/mol. The zero-order chi connectivity index (χ0) is 15.0. The molecule has 3 heterocycles. The molecule has 0 atom stereocenters. The van der Waals surface area contributed by atoms with Crippen LogP contribution in [0.15, 0.2) is 18.3 Å². The van der Waals surface area contributed by atoms with Crippen molar-refractivity contribution in [1.29, 1.82) is 0 Å². The van der Waals surface area contributed by atoms with Crippen LogP contribution in [0.1, 0.15) is 45.4 Å². The fraction of sp³-hybridized carbons (Fsp3) is 0.357. The molecule has 21 heavy (non-hydrogen) atoms. The van der Waals surface area contributed by atoms with Gasteiger partial charge in [-0.2, -0.15) is 11.8 Å².